The predicted molar refractivity (Wildman–Crippen MR) is 82.0 cm³/mol. The van der Waals surface area contributed by atoms with Crippen LogP contribution in [0.2, 0.25) is 0 Å². The van der Waals surface area contributed by atoms with Gasteiger partial charge >= 0.3 is 0 Å². The van der Waals surface area contributed by atoms with Crippen molar-refractivity contribution in [2.45, 2.75) is 18.9 Å². The van der Waals surface area contributed by atoms with Crippen molar-refractivity contribution in [2.24, 2.45) is 0 Å². The summed E-state index contributed by atoms with van der Waals surface area (Å²) >= 11 is 0. The van der Waals surface area contributed by atoms with Crippen molar-refractivity contribution in [3.05, 3.63) is 59.7 Å². The topological polar surface area (TPSA) is 64.9 Å². The molecule has 0 radical (unpaired) electrons. The maximum atomic E-state index is 12.3. The van der Waals surface area contributed by atoms with Crippen molar-refractivity contribution in [1.82, 2.24) is 0 Å². The molecule has 2 N–H and O–H groups in total. The highest BCUT2D eigenvalue weighted by Crippen LogP contribution is 2.23. The average Bonchev–Trinajstić information content (AvgIpc) is 2.67. The van der Waals surface area contributed by atoms with E-state index in [0.29, 0.717) is 5.56 Å². The summed E-state index contributed by atoms with van der Waals surface area (Å²) < 4.78 is 0. The van der Waals surface area contributed by atoms with E-state index in [1.165, 1.54) is 0 Å². The van der Waals surface area contributed by atoms with Gasteiger partial charge in [-0.25, -0.2) is 0 Å². The van der Waals surface area contributed by atoms with Gasteiger partial charge in [0.25, 0.3) is 0 Å². The van der Waals surface area contributed by atoms with Crippen LogP contribution in [0.4, 0.5) is 11.4 Å². The standard InChI is InChI=1S/C17H15N3O/c18-11-12-5-8-14(9-6-12)19-16-10-7-13-3-1-2-4-15(13)20-17(16)21/h1-6,8-9,16,19H,7,10H2,(H,20,21). The number of rotatable bonds is 2. The summed E-state index contributed by atoms with van der Waals surface area (Å²) in [5.41, 5.74) is 3.51. The molecule has 4 heteroatoms. The molecule has 1 heterocycles. The average molecular weight is 277 g/mol. The Kier molecular flexibility index (Phi) is 3.57. The third kappa shape index (κ3) is 2.87. The molecule has 3 rings (SSSR count). The van der Waals surface area contributed by atoms with Crippen LogP contribution in [-0.4, -0.2) is 11.9 Å². The van der Waals surface area contributed by atoms with E-state index < -0.39 is 0 Å². The molecule has 1 atom stereocenters. The minimum absolute atomic E-state index is 0.0238. The van der Waals surface area contributed by atoms with Gasteiger partial charge in [-0.05, 0) is 48.7 Å². The van der Waals surface area contributed by atoms with Crippen LogP contribution in [0.5, 0.6) is 0 Å². The Morgan fingerprint density at radius 2 is 1.90 bits per heavy atom. The fourth-order valence-corrected chi connectivity index (χ4v) is 2.49. The zero-order valence-corrected chi connectivity index (χ0v) is 11.5. The molecule has 0 aliphatic carbocycles. The van der Waals surface area contributed by atoms with Gasteiger partial charge in [0, 0.05) is 11.4 Å². The number of anilines is 2. The van der Waals surface area contributed by atoms with E-state index in [2.05, 4.69) is 16.7 Å². The van der Waals surface area contributed by atoms with Gasteiger partial charge in [0.1, 0.15) is 6.04 Å². The van der Waals surface area contributed by atoms with Gasteiger partial charge in [-0.3, -0.25) is 4.79 Å². The molecular weight excluding hydrogens is 262 g/mol. The first-order valence-corrected chi connectivity index (χ1v) is 6.92. The van der Waals surface area contributed by atoms with Crippen molar-refractivity contribution in [3.63, 3.8) is 0 Å². The summed E-state index contributed by atoms with van der Waals surface area (Å²) in [6.45, 7) is 0. The van der Waals surface area contributed by atoms with E-state index in [9.17, 15) is 4.79 Å². The number of hydrogen-bond donors (Lipinski definition) is 2. The van der Waals surface area contributed by atoms with Crippen molar-refractivity contribution in [2.75, 3.05) is 10.6 Å². The lowest BCUT2D eigenvalue weighted by molar-refractivity contribution is -0.116. The Hall–Kier alpha value is -2.80. The number of aryl methyl sites for hydroxylation is 1. The predicted octanol–water partition coefficient (Wildman–Crippen LogP) is 2.92. The highest BCUT2D eigenvalue weighted by atomic mass is 16.2. The summed E-state index contributed by atoms with van der Waals surface area (Å²) in [4.78, 5) is 12.3. The summed E-state index contributed by atoms with van der Waals surface area (Å²) in [5.74, 6) is -0.0238. The minimum Gasteiger partial charge on any atom is -0.374 e. The fraction of sp³-hybridized carbons (Fsp3) is 0.176. The van der Waals surface area contributed by atoms with Gasteiger partial charge in [0.2, 0.25) is 5.91 Å². The quantitative estimate of drug-likeness (QED) is 0.887. The smallest absolute Gasteiger partial charge is 0.246 e. The third-order valence-corrected chi connectivity index (χ3v) is 3.65. The molecular formula is C17H15N3O. The van der Waals surface area contributed by atoms with E-state index in [1.807, 2.05) is 36.4 Å². The highest BCUT2D eigenvalue weighted by molar-refractivity contribution is 5.97. The number of carbonyl (C=O) groups is 1. The Balaban J connectivity index is 1.75. The van der Waals surface area contributed by atoms with Crippen molar-refractivity contribution >= 4 is 17.3 Å². The Morgan fingerprint density at radius 3 is 2.67 bits per heavy atom. The van der Waals surface area contributed by atoms with Crippen molar-refractivity contribution in [1.29, 1.82) is 5.26 Å². The number of para-hydroxylation sites is 1. The zero-order valence-electron chi connectivity index (χ0n) is 11.5. The molecule has 1 amide bonds. The van der Waals surface area contributed by atoms with Gasteiger partial charge in [-0.15, -0.1) is 0 Å². The van der Waals surface area contributed by atoms with Crippen LogP contribution in [0.15, 0.2) is 48.5 Å². The van der Waals surface area contributed by atoms with Crippen LogP contribution in [0.1, 0.15) is 17.5 Å². The van der Waals surface area contributed by atoms with E-state index in [-0.39, 0.29) is 11.9 Å². The summed E-state index contributed by atoms with van der Waals surface area (Å²) in [6, 6.07) is 16.8. The monoisotopic (exact) mass is 277 g/mol. The van der Waals surface area contributed by atoms with Gasteiger partial charge in [-0.2, -0.15) is 5.26 Å². The molecule has 2 aromatic rings. The summed E-state index contributed by atoms with van der Waals surface area (Å²) in [7, 11) is 0. The van der Waals surface area contributed by atoms with Crippen LogP contribution in [0, 0.1) is 11.3 Å². The fourth-order valence-electron chi connectivity index (χ4n) is 2.49. The van der Waals surface area contributed by atoms with E-state index in [1.54, 1.807) is 12.1 Å². The highest BCUT2D eigenvalue weighted by Gasteiger charge is 2.23. The maximum absolute atomic E-state index is 12.3. The molecule has 1 unspecified atom stereocenters. The maximum Gasteiger partial charge on any atom is 0.246 e. The number of hydrogen-bond acceptors (Lipinski definition) is 3. The molecule has 0 saturated heterocycles. The van der Waals surface area contributed by atoms with Gasteiger partial charge in [-0.1, -0.05) is 18.2 Å². The number of carbonyl (C=O) groups excluding carboxylic acids is 1. The molecule has 4 nitrogen and oxygen atoms in total. The molecule has 104 valence electrons. The molecule has 1 aliphatic rings. The van der Waals surface area contributed by atoms with E-state index in [4.69, 9.17) is 5.26 Å². The Morgan fingerprint density at radius 1 is 1.14 bits per heavy atom. The molecule has 2 aromatic carbocycles. The van der Waals surface area contributed by atoms with Crippen LogP contribution in [0.3, 0.4) is 0 Å². The number of fused-ring (bicyclic) bond motifs is 1. The van der Waals surface area contributed by atoms with Crippen LogP contribution >= 0.6 is 0 Å². The molecule has 0 bridgehead atoms. The first-order valence-electron chi connectivity index (χ1n) is 6.92. The lowest BCUT2D eigenvalue weighted by Crippen LogP contribution is -2.33. The zero-order chi connectivity index (χ0) is 14.7. The normalized spacial score (nSPS) is 17.1. The molecule has 0 fully saturated rings. The first kappa shape index (κ1) is 13.2. The summed E-state index contributed by atoms with van der Waals surface area (Å²) in [5, 5.41) is 15.0. The largest absolute Gasteiger partial charge is 0.374 e. The Bertz CT molecular complexity index is 701. The molecule has 21 heavy (non-hydrogen) atoms. The number of nitriles is 1. The molecule has 0 aromatic heterocycles. The number of benzene rings is 2. The second-order valence-electron chi connectivity index (χ2n) is 5.07. The lowest BCUT2D eigenvalue weighted by atomic mass is 10.1. The second kappa shape index (κ2) is 5.68. The molecule has 0 saturated carbocycles. The first-order chi connectivity index (χ1) is 10.3. The number of amides is 1. The van der Waals surface area contributed by atoms with Crippen molar-refractivity contribution < 1.29 is 4.79 Å². The lowest BCUT2D eigenvalue weighted by Gasteiger charge is -2.16. The van der Waals surface area contributed by atoms with Gasteiger partial charge in [0.05, 0.1) is 11.6 Å². The van der Waals surface area contributed by atoms with Crippen molar-refractivity contribution in [3.8, 4) is 6.07 Å². The molecule has 1 aliphatic heterocycles. The number of nitrogens with zero attached hydrogens (tertiary/aromatic N) is 1. The van der Waals surface area contributed by atoms with Gasteiger partial charge < -0.3 is 10.6 Å². The molecule has 0 spiro atoms. The van der Waals surface area contributed by atoms with Crippen LogP contribution in [-0.2, 0) is 11.2 Å². The number of nitrogens with one attached hydrogen (secondary N) is 2. The van der Waals surface area contributed by atoms with Gasteiger partial charge in [0.15, 0.2) is 0 Å². The summed E-state index contributed by atoms with van der Waals surface area (Å²) in [6.07, 6.45) is 1.59. The second-order valence-corrected chi connectivity index (χ2v) is 5.07. The van der Waals surface area contributed by atoms with E-state index >= 15 is 0 Å². The Labute approximate surface area is 123 Å². The minimum atomic E-state index is -0.273. The third-order valence-electron chi connectivity index (χ3n) is 3.65. The van der Waals surface area contributed by atoms with Crippen LogP contribution < -0.4 is 10.6 Å². The van der Waals surface area contributed by atoms with E-state index in [0.717, 1.165) is 29.8 Å². The van der Waals surface area contributed by atoms with Crippen LogP contribution in [0.25, 0.3) is 0 Å². The SMILES string of the molecule is N#Cc1ccc(NC2CCc3ccccc3NC2=O)cc1.